The zero-order chi connectivity index (χ0) is 19.3. The van der Waals surface area contributed by atoms with E-state index in [1.165, 1.54) is 0 Å². The maximum Gasteiger partial charge on any atom is 0.162 e. The minimum atomic E-state index is 0.384. The summed E-state index contributed by atoms with van der Waals surface area (Å²) in [4.78, 5) is 8.61. The number of thiophene rings is 1. The van der Waals surface area contributed by atoms with Crippen LogP contribution in [0.5, 0.6) is 17.2 Å². The van der Waals surface area contributed by atoms with E-state index in [4.69, 9.17) is 14.2 Å². The number of nitrogens with zero attached hydrogens (tertiary/aromatic N) is 2. The van der Waals surface area contributed by atoms with Crippen LogP contribution < -0.4 is 19.5 Å². The third-order valence-corrected chi connectivity index (χ3v) is 5.01. The first-order chi connectivity index (χ1) is 13.8. The normalized spacial score (nSPS) is 10.6. The number of nitrogens with one attached hydrogen (secondary N) is 1. The number of rotatable bonds is 7. The van der Waals surface area contributed by atoms with Crippen LogP contribution in [-0.4, -0.2) is 24.2 Å². The van der Waals surface area contributed by atoms with Crippen LogP contribution in [0.15, 0.2) is 59.6 Å². The lowest BCUT2D eigenvalue weighted by Gasteiger charge is -2.14. The number of anilines is 2. The molecule has 0 unspecified atom stereocenters. The van der Waals surface area contributed by atoms with Crippen molar-refractivity contribution in [2.75, 3.05) is 19.5 Å². The van der Waals surface area contributed by atoms with E-state index in [2.05, 4.69) is 15.3 Å². The van der Waals surface area contributed by atoms with Gasteiger partial charge in [0.15, 0.2) is 11.5 Å². The van der Waals surface area contributed by atoms with Gasteiger partial charge in [-0.3, -0.25) is 0 Å². The number of benzene rings is 2. The second-order valence-corrected chi connectivity index (χ2v) is 6.73. The standard InChI is InChI=1S/C21H19N3O3S/c1-25-18-6-4-3-5-14(18)10-27-19-8-7-15(9-20(19)26-2)24-21-16-11-28-12-17(16)22-13-23-21/h3-9,11-13H,10H2,1-2H3,(H,22,23,24). The topological polar surface area (TPSA) is 65.5 Å². The van der Waals surface area contributed by atoms with Crippen molar-refractivity contribution in [1.82, 2.24) is 9.97 Å². The Kier molecular flexibility index (Phi) is 5.25. The number of hydrogen-bond acceptors (Lipinski definition) is 7. The molecule has 4 aromatic rings. The van der Waals surface area contributed by atoms with Gasteiger partial charge in [0.1, 0.15) is 24.5 Å². The van der Waals surface area contributed by atoms with E-state index < -0.39 is 0 Å². The maximum absolute atomic E-state index is 5.96. The van der Waals surface area contributed by atoms with Crippen molar-refractivity contribution in [3.05, 3.63) is 65.1 Å². The molecule has 6 nitrogen and oxygen atoms in total. The van der Waals surface area contributed by atoms with Crippen molar-refractivity contribution in [3.63, 3.8) is 0 Å². The van der Waals surface area contributed by atoms with Gasteiger partial charge in [-0.25, -0.2) is 9.97 Å². The molecule has 0 fully saturated rings. The smallest absolute Gasteiger partial charge is 0.162 e. The van der Waals surface area contributed by atoms with E-state index in [1.807, 2.05) is 53.2 Å². The molecule has 0 aliphatic rings. The van der Waals surface area contributed by atoms with E-state index in [-0.39, 0.29) is 0 Å². The Morgan fingerprint density at radius 2 is 1.79 bits per heavy atom. The molecule has 2 aromatic heterocycles. The molecule has 1 N–H and O–H groups in total. The van der Waals surface area contributed by atoms with Crippen molar-refractivity contribution in [2.45, 2.75) is 6.61 Å². The van der Waals surface area contributed by atoms with E-state index >= 15 is 0 Å². The SMILES string of the molecule is COc1ccccc1COc1ccc(Nc2ncnc3cscc23)cc1OC. The average molecular weight is 393 g/mol. The lowest BCUT2D eigenvalue weighted by Crippen LogP contribution is -2.01. The summed E-state index contributed by atoms with van der Waals surface area (Å²) in [6.45, 7) is 0.384. The highest BCUT2D eigenvalue weighted by Crippen LogP contribution is 2.33. The molecule has 0 bridgehead atoms. The first-order valence-electron chi connectivity index (χ1n) is 8.65. The van der Waals surface area contributed by atoms with Crippen LogP contribution in [0, 0.1) is 0 Å². The Morgan fingerprint density at radius 3 is 2.64 bits per heavy atom. The van der Waals surface area contributed by atoms with Crippen LogP contribution in [0.1, 0.15) is 5.56 Å². The van der Waals surface area contributed by atoms with Gasteiger partial charge in [-0.1, -0.05) is 18.2 Å². The monoisotopic (exact) mass is 393 g/mol. The van der Waals surface area contributed by atoms with Crippen LogP contribution in [0.4, 0.5) is 11.5 Å². The van der Waals surface area contributed by atoms with Crippen LogP contribution in [0.25, 0.3) is 10.9 Å². The molecule has 142 valence electrons. The number of methoxy groups -OCH3 is 2. The van der Waals surface area contributed by atoms with Gasteiger partial charge in [-0.05, 0) is 18.2 Å². The van der Waals surface area contributed by atoms with E-state index in [9.17, 15) is 0 Å². The molecule has 0 radical (unpaired) electrons. The summed E-state index contributed by atoms with van der Waals surface area (Å²) in [7, 11) is 3.27. The van der Waals surface area contributed by atoms with Crippen molar-refractivity contribution in [3.8, 4) is 17.2 Å². The molecular formula is C21H19N3O3S. The lowest BCUT2D eigenvalue weighted by molar-refractivity contribution is 0.278. The summed E-state index contributed by atoms with van der Waals surface area (Å²) < 4.78 is 16.8. The lowest BCUT2D eigenvalue weighted by atomic mass is 10.2. The number of hydrogen-bond donors (Lipinski definition) is 1. The largest absolute Gasteiger partial charge is 0.496 e. The van der Waals surface area contributed by atoms with Crippen molar-refractivity contribution < 1.29 is 14.2 Å². The minimum Gasteiger partial charge on any atom is -0.496 e. The van der Waals surface area contributed by atoms with Gasteiger partial charge < -0.3 is 19.5 Å². The zero-order valence-electron chi connectivity index (χ0n) is 15.5. The number of ether oxygens (including phenoxy) is 3. The zero-order valence-corrected chi connectivity index (χ0v) is 16.3. The molecule has 0 atom stereocenters. The third kappa shape index (κ3) is 3.70. The first kappa shape index (κ1) is 18.1. The second-order valence-electron chi connectivity index (χ2n) is 5.98. The molecule has 0 aliphatic carbocycles. The quantitative estimate of drug-likeness (QED) is 0.475. The van der Waals surface area contributed by atoms with Gasteiger partial charge in [0.05, 0.1) is 25.1 Å². The Bertz CT molecular complexity index is 1100. The predicted molar refractivity (Wildman–Crippen MR) is 111 cm³/mol. The summed E-state index contributed by atoms with van der Waals surface area (Å²) in [5.74, 6) is 2.84. The van der Waals surface area contributed by atoms with Gasteiger partial charge in [0, 0.05) is 28.1 Å². The van der Waals surface area contributed by atoms with Gasteiger partial charge in [-0.2, -0.15) is 0 Å². The summed E-state index contributed by atoms with van der Waals surface area (Å²) in [5.41, 5.74) is 2.74. The fourth-order valence-electron chi connectivity index (χ4n) is 2.86. The molecule has 0 saturated heterocycles. The first-order valence-corrected chi connectivity index (χ1v) is 9.59. The molecule has 2 heterocycles. The van der Waals surface area contributed by atoms with Crippen LogP contribution in [0.2, 0.25) is 0 Å². The second kappa shape index (κ2) is 8.14. The maximum atomic E-state index is 5.96. The molecule has 28 heavy (non-hydrogen) atoms. The Hall–Kier alpha value is -3.32. The van der Waals surface area contributed by atoms with Gasteiger partial charge >= 0.3 is 0 Å². The van der Waals surface area contributed by atoms with Crippen LogP contribution in [0.3, 0.4) is 0 Å². The molecule has 0 amide bonds. The fourth-order valence-corrected chi connectivity index (χ4v) is 3.62. The molecule has 2 aromatic carbocycles. The highest BCUT2D eigenvalue weighted by atomic mass is 32.1. The third-order valence-electron chi connectivity index (χ3n) is 4.28. The Morgan fingerprint density at radius 1 is 0.929 bits per heavy atom. The molecular weight excluding hydrogens is 374 g/mol. The average Bonchev–Trinajstić information content (AvgIpc) is 3.23. The van der Waals surface area contributed by atoms with Gasteiger partial charge in [-0.15, -0.1) is 11.3 Å². The highest BCUT2D eigenvalue weighted by Gasteiger charge is 2.10. The number of fused-ring (bicyclic) bond motifs is 1. The van der Waals surface area contributed by atoms with Crippen LogP contribution >= 0.6 is 11.3 Å². The van der Waals surface area contributed by atoms with Crippen molar-refractivity contribution >= 4 is 33.7 Å². The number of aromatic nitrogens is 2. The highest BCUT2D eigenvalue weighted by molar-refractivity contribution is 7.09. The summed E-state index contributed by atoms with van der Waals surface area (Å²) in [6.07, 6.45) is 1.55. The summed E-state index contributed by atoms with van der Waals surface area (Å²) in [5, 5.41) is 8.34. The minimum absolute atomic E-state index is 0.384. The Labute approximate surface area is 166 Å². The van der Waals surface area contributed by atoms with E-state index in [1.54, 1.807) is 31.9 Å². The van der Waals surface area contributed by atoms with E-state index in [0.29, 0.717) is 18.1 Å². The van der Waals surface area contributed by atoms with Gasteiger partial charge in [0.2, 0.25) is 0 Å². The van der Waals surface area contributed by atoms with Crippen molar-refractivity contribution in [1.29, 1.82) is 0 Å². The molecule has 0 spiro atoms. The summed E-state index contributed by atoms with van der Waals surface area (Å²) in [6, 6.07) is 13.5. The Balaban J connectivity index is 1.54. The van der Waals surface area contributed by atoms with Gasteiger partial charge in [0.25, 0.3) is 0 Å². The molecule has 0 saturated carbocycles. The number of para-hydroxylation sites is 1. The summed E-state index contributed by atoms with van der Waals surface area (Å²) >= 11 is 1.60. The van der Waals surface area contributed by atoms with Crippen molar-refractivity contribution in [2.24, 2.45) is 0 Å². The predicted octanol–water partition coefficient (Wildman–Crippen LogP) is 5.03. The van der Waals surface area contributed by atoms with Crippen LogP contribution in [-0.2, 0) is 6.61 Å². The van der Waals surface area contributed by atoms with E-state index in [0.717, 1.165) is 33.7 Å². The molecule has 4 rings (SSSR count). The molecule has 7 heteroatoms. The fraction of sp³-hybridized carbons (Fsp3) is 0.143. The molecule has 0 aliphatic heterocycles.